The van der Waals surface area contributed by atoms with Gasteiger partial charge in [-0.1, -0.05) is 35.5 Å². The summed E-state index contributed by atoms with van der Waals surface area (Å²) in [6, 6.07) is 8.96. The maximum Gasteiger partial charge on any atom is 0.303 e. The Morgan fingerprint density at radius 1 is 0.743 bits per heavy atom. The zero-order chi connectivity index (χ0) is 26.4. The standard InChI is InChI=1S/C23H29NO11/c1-14(25)30-12-20(24-32-11-19-9-7-6-8-10-19)22(34-17(4)28)23(35-18(5)29)21(33-16(3)27)13-31-15(2)26/h6-10,21-23H,11-13H2,1-5H3/b24-20+. The molecule has 0 saturated heterocycles. The lowest BCUT2D eigenvalue weighted by Gasteiger charge is -2.31. The minimum Gasteiger partial charge on any atom is -0.462 e. The fourth-order valence-electron chi connectivity index (χ4n) is 2.74. The first-order valence-electron chi connectivity index (χ1n) is 10.5. The molecule has 0 amide bonds. The summed E-state index contributed by atoms with van der Waals surface area (Å²) < 4.78 is 25.8. The molecule has 0 bridgehead atoms. The molecule has 192 valence electrons. The molecular weight excluding hydrogens is 466 g/mol. The number of ether oxygens (including phenoxy) is 5. The van der Waals surface area contributed by atoms with Gasteiger partial charge in [-0.25, -0.2) is 0 Å². The van der Waals surface area contributed by atoms with Crippen LogP contribution in [0.25, 0.3) is 0 Å². The van der Waals surface area contributed by atoms with Crippen molar-refractivity contribution in [1.82, 2.24) is 0 Å². The summed E-state index contributed by atoms with van der Waals surface area (Å²) in [4.78, 5) is 63.7. The summed E-state index contributed by atoms with van der Waals surface area (Å²) in [7, 11) is 0. The molecule has 12 nitrogen and oxygen atoms in total. The molecule has 0 aliphatic heterocycles. The van der Waals surface area contributed by atoms with Crippen molar-refractivity contribution >= 4 is 35.6 Å². The van der Waals surface area contributed by atoms with Gasteiger partial charge in [-0.3, -0.25) is 24.0 Å². The maximum atomic E-state index is 11.9. The molecule has 0 aliphatic rings. The lowest BCUT2D eigenvalue weighted by atomic mass is 10.0. The van der Waals surface area contributed by atoms with Gasteiger partial charge in [0.1, 0.15) is 25.5 Å². The zero-order valence-corrected chi connectivity index (χ0v) is 20.2. The largest absolute Gasteiger partial charge is 0.462 e. The molecule has 0 N–H and O–H groups in total. The van der Waals surface area contributed by atoms with Gasteiger partial charge in [-0.05, 0) is 5.56 Å². The third-order valence-corrected chi connectivity index (χ3v) is 4.04. The molecule has 1 rings (SSSR count). The Kier molecular flexibility index (Phi) is 12.5. The van der Waals surface area contributed by atoms with Gasteiger partial charge in [0.25, 0.3) is 0 Å². The highest BCUT2D eigenvalue weighted by atomic mass is 16.6. The van der Waals surface area contributed by atoms with Crippen molar-refractivity contribution in [2.45, 2.75) is 59.5 Å². The Morgan fingerprint density at radius 3 is 1.83 bits per heavy atom. The number of oxime groups is 1. The van der Waals surface area contributed by atoms with E-state index in [4.69, 9.17) is 28.5 Å². The SMILES string of the molecule is CC(=O)OC/C(=N\OCc1ccccc1)C(OC(C)=O)C(OC(C)=O)C(COC(C)=O)OC(C)=O. The van der Waals surface area contributed by atoms with Gasteiger partial charge >= 0.3 is 29.8 Å². The van der Waals surface area contributed by atoms with Crippen LogP contribution in [-0.2, 0) is 59.1 Å². The molecule has 1 aromatic carbocycles. The Bertz CT molecular complexity index is 913. The zero-order valence-electron chi connectivity index (χ0n) is 20.2. The van der Waals surface area contributed by atoms with E-state index in [1.807, 2.05) is 6.07 Å². The summed E-state index contributed by atoms with van der Waals surface area (Å²) in [5.41, 5.74) is 0.592. The highest BCUT2D eigenvalue weighted by Crippen LogP contribution is 2.18. The molecule has 1 aromatic rings. The van der Waals surface area contributed by atoms with Gasteiger partial charge in [-0.15, -0.1) is 0 Å². The van der Waals surface area contributed by atoms with Crippen molar-refractivity contribution in [2.75, 3.05) is 13.2 Å². The third-order valence-electron chi connectivity index (χ3n) is 4.04. The summed E-state index contributed by atoms with van der Waals surface area (Å²) in [6.07, 6.45) is -4.47. The highest BCUT2D eigenvalue weighted by Gasteiger charge is 2.41. The first kappa shape index (κ1) is 29.1. The minimum atomic E-state index is -1.54. The number of nitrogens with zero attached hydrogens (tertiary/aromatic N) is 1. The first-order chi connectivity index (χ1) is 16.5. The van der Waals surface area contributed by atoms with Crippen molar-refractivity contribution < 1.29 is 52.5 Å². The van der Waals surface area contributed by atoms with Crippen molar-refractivity contribution in [3.8, 4) is 0 Å². The van der Waals surface area contributed by atoms with Crippen LogP contribution >= 0.6 is 0 Å². The lowest BCUT2D eigenvalue weighted by Crippen LogP contribution is -2.51. The average molecular weight is 495 g/mol. The summed E-state index contributed by atoms with van der Waals surface area (Å²) in [5.74, 6) is -3.82. The predicted octanol–water partition coefficient (Wildman–Crippen LogP) is 1.48. The van der Waals surface area contributed by atoms with Crippen LogP contribution in [0.5, 0.6) is 0 Å². The first-order valence-corrected chi connectivity index (χ1v) is 10.5. The van der Waals surface area contributed by atoms with Crippen LogP contribution in [0.15, 0.2) is 35.5 Å². The number of esters is 5. The topological polar surface area (TPSA) is 153 Å². The van der Waals surface area contributed by atoms with E-state index in [0.29, 0.717) is 0 Å². The van der Waals surface area contributed by atoms with Crippen LogP contribution < -0.4 is 0 Å². The molecule has 3 unspecified atom stereocenters. The highest BCUT2D eigenvalue weighted by molar-refractivity contribution is 5.93. The van der Waals surface area contributed by atoms with Crippen LogP contribution in [0.3, 0.4) is 0 Å². The molecule has 35 heavy (non-hydrogen) atoms. The van der Waals surface area contributed by atoms with Gasteiger partial charge in [0, 0.05) is 34.6 Å². The van der Waals surface area contributed by atoms with Crippen molar-refractivity contribution in [3.05, 3.63) is 35.9 Å². The predicted molar refractivity (Wildman–Crippen MR) is 119 cm³/mol. The average Bonchev–Trinajstić information content (AvgIpc) is 2.76. The second-order valence-electron chi connectivity index (χ2n) is 7.18. The normalized spacial score (nSPS) is 13.5. The lowest BCUT2D eigenvalue weighted by molar-refractivity contribution is -0.184. The molecule has 0 radical (unpaired) electrons. The Hall–Kier alpha value is -3.96. The number of rotatable bonds is 13. The number of carbonyl (C=O) groups is 5. The van der Waals surface area contributed by atoms with E-state index < -0.39 is 61.4 Å². The fourth-order valence-corrected chi connectivity index (χ4v) is 2.74. The van der Waals surface area contributed by atoms with E-state index in [1.54, 1.807) is 24.3 Å². The van der Waals surface area contributed by atoms with Gasteiger partial charge < -0.3 is 28.5 Å². The minimum absolute atomic E-state index is 0.0102. The van der Waals surface area contributed by atoms with Crippen LogP contribution in [0.2, 0.25) is 0 Å². The van der Waals surface area contributed by atoms with E-state index in [1.165, 1.54) is 0 Å². The molecule has 0 aliphatic carbocycles. The molecular formula is C23H29NO11. The van der Waals surface area contributed by atoms with Crippen LogP contribution in [0.1, 0.15) is 40.2 Å². The van der Waals surface area contributed by atoms with E-state index in [2.05, 4.69) is 5.16 Å². The number of hydrogen-bond acceptors (Lipinski definition) is 12. The second-order valence-corrected chi connectivity index (χ2v) is 7.18. The summed E-state index contributed by atoms with van der Waals surface area (Å²) in [6.45, 7) is 4.48. The fraction of sp³-hybridized carbons (Fsp3) is 0.478. The Morgan fingerprint density at radius 2 is 1.31 bits per heavy atom. The van der Waals surface area contributed by atoms with Crippen molar-refractivity contribution in [2.24, 2.45) is 5.16 Å². The third kappa shape index (κ3) is 12.2. The van der Waals surface area contributed by atoms with Crippen molar-refractivity contribution in [1.29, 1.82) is 0 Å². The van der Waals surface area contributed by atoms with Gasteiger partial charge in [0.05, 0.1) is 0 Å². The quantitative estimate of drug-likeness (QED) is 0.169. The van der Waals surface area contributed by atoms with E-state index in [0.717, 1.165) is 40.2 Å². The number of hydrogen-bond donors (Lipinski definition) is 0. The number of carbonyl (C=O) groups excluding carboxylic acids is 5. The molecule has 12 heteroatoms. The van der Waals surface area contributed by atoms with E-state index >= 15 is 0 Å². The van der Waals surface area contributed by atoms with Gasteiger partial charge in [-0.2, -0.15) is 0 Å². The Balaban J connectivity index is 3.42. The van der Waals surface area contributed by atoms with Gasteiger partial charge in [0.2, 0.25) is 0 Å². The van der Waals surface area contributed by atoms with Crippen LogP contribution in [0, 0.1) is 0 Å². The number of benzene rings is 1. The van der Waals surface area contributed by atoms with Crippen molar-refractivity contribution in [3.63, 3.8) is 0 Å². The molecule has 0 aromatic heterocycles. The maximum absolute atomic E-state index is 11.9. The molecule has 0 fully saturated rings. The van der Waals surface area contributed by atoms with Gasteiger partial charge in [0.15, 0.2) is 18.3 Å². The molecule has 3 atom stereocenters. The monoisotopic (exact) mass is 495 g/mol. The van der Waals surface area contributed by atoms with Crippen LogP contribution in [0.4, 0.5) is 0 Å². The summed E-state index contributed by atoms with van der Waals surface area (Å²) in [5, 5.41) is 3.95. The van der Waals surface area contributed by atoms with E-state index in [-0.39, 0.29) is 12.3 Å². The molecule has 0 saturated carbocycles. The summed E-state index contributed by atoms with van der Waals surface area (Å²) >= 11 is 0. The second kappa shape index (κ2) is 15.0. The Labute approximate surface area is 202 Å². The van der Waals surface area contributed by atoms with Crippen LogP contribution in [-0.4, -0.2) is 67.1 Å². The van der Waals surface area contributed by atoms with E-state index in [9.17, 15) is 24.0 Å². The molecule has 0 spiro atoms. The smallest absolute Gasteiger partial charge is 0.303 e. The molecule has 0 heterocycles.